The Morgan fingerprint density at radius 1 is 1.42 bits per heavy atom. The van der Waals surface area contributed by atoms with Crippen LogP contribution in [0.3, 0.4) is 0 Å². The van der Waals surface area contributed by atoms with Crippen molar-refractivity contribution in [2.24, 2.45) is 5.11 Å². The number of H-pyrrole nitrogens is 1. The first-order valence-corrected chi connectivity index (χ1v) is 7.98. The standard InChI is InChI=1S/C16H18N6O4/c17-16-20-13(12(22-18)14(23)21-16)19-11-7-6-10(26-11)8-25-15(24)9-4-2-1-3-5-9/h1-5,10-11,18H,6-8H2,(H4,17,19,20,21,23)/t10-,11+/m0/s1. The minimum atomic E-state index is -0.610. The van der Waals surface area contributed by atoms with Gasteiger partial charge in [-0.1, -0.05) is 18.2 Å². The molecule has 1 aromatic heterocycles. The van der Waals surface area contributed by atoms with Crippen LogP contribution in [0.25, 0.3) is 0 Å². The van der Waals surface area contributed by atoms with Crippen molar-refractivity contribution in [2.45, 2.75) is 25.2 Å². The number of rotatable bonds is 6. The van der Waals surface area contributed by atoms with E-state index >= 15 is 0 Å². The highest BCUT2D eigenvalue weighted by molar-refractivity contribution is 5.89. The summed E-state index contributed by atoms with van der Waals surface area (Å²) in [5, 5.41) is 6.07. The Bertz CT molecular complexity index is 854. The minimum Gasteiger partial charge on any atom is -0.459 e. The maximum atomic E-state index is 11.9. The monoisotopic (exact) mass is 358 g/mol. The lowest BCUT2D eigenvalue weighted by atomic mass is 10.2. The molecule has 2 heterocycles. The lowest BCUT2D eigenvalue weighted by Crippen LogP contribution is -2.25. The van der Waals surface area contributed by atoms with Crippen molar-refractivity contribution in [3.05, 3.63) is 46.2 Å². The Hall–Kier alpha value is -3.27. The average molecular weight is 358 g/mol. The van der Waals surface area contributed by atoms with Crippen molar-refractivity contribution in [1.82, 2.24) is 9.97 Å². The molecule has 1 aromatic carbocycles. The van der Waals surface area contributed by atoms with Gasteiger partial charge in [0.2, 0.25) is 5.95 Å². The number of nitrogen functional groups attached to an aromatic ring is 1. The SMILES string of the molecule is N=Nc1c(N[C@H]2CC[C@@H](COC(=O)c3ccccc3)O2)nc(N)[nH]c1=O. The highest BCUT2D eigenvalue weighted by atomic mass is 16.6. The molecule has 1 saturated heterocycles. The Labute approximate surface area is 148 Å². The van der Waals surface area contributed by atoms with E-state index in [4.69, 9.17) is 20.7 Å². The first kappa shape index (κ1) is 17.5. The molecule has 3 rings (SSSR count). The Morgan fingerprint density at radius 3 is 2.92 bits per heavy atom. The number of anilines is 2. The van der Waals surface area contributed by atoms with Gasteiger partial charge in [-0.05, 0) is 25.0 Å². The number of aromatic nitrogens is 2. The number of hydrogen-bond donors (Lipinski definition) is 4. The van der Waals surface area contributed by atoms with Gasteiger partial charge in [0.1, 0.15) is 12.8 Å². The maximum Gasteiger partial charge on any atom is 0.338 e. The number of nitrogens with zero attached hydrogens (tertiary/aromatic N) is 2. The molecule has 26 heavy (non-hydrogen) atoms. The van der Waals surface area contributed by atoms with Gasteiger partial charge < -0.3 is 20.5 Å². The summed E-state index contributed by atoms with van der Waals surface area (Å²) in [6, 6.07) is 8.70. The number of carbonyl (C=O) groups is 1. The number of benzene rings is 1. The van der Waals surface area contributed by atoms with Gasteiger partial charge in [-0.15, -0.1) is 5.11 Å². The molecule has 5 N–H and O–H groups in total. The van der Waals surface area contributed by atoms with Crippen LogP contribution in [0, 0.1) is 5.53 Å². The second-order valence-corrected chi connectivity index (χ2v) is 5.69. The molecule has 2 atom stereocenters. The molecule has 0 aliphatic carbocycles. The van der Waals surface area contributed by atoms with E-state index < -0.39 is 17.8 Å². The fourth-order valence-corrected chi connectivity index (χ4v) is 2.60. The molecule has 136 valence electrons. The van der Waals surface area contributed by atoms with Crippen molar-refractivity contribution >= 4 is 23.4 Å². The van der Waals surface area contributed by atoms with Crippen molar-refractivity contribution in [3.63, 3.8) is 0 Å². The zero-order valence-corrected chi connectivity index (χ0v) is 13.8. The van der Waals surface area contributed by atoms with Gasteiger partial charge in [0.15, 0.2) is 11.5 Å². The van der Waals surface area contributed by atoms with Gasteiger partial charge in [-0.3, -0.25) is 9.78 Å². The van der Waals surface area contributed by atoms with Gasteiger partial charge in [-0.25, -0.2) is 10.3 Å². The average Bonchev–Trinajstić information content (AvgIpc) is 3.07. The molecule has 2 aromatic rings. The number of carbonyl (C=O) groups excluding carboxylic acids is 1. The third-order valence-electron chi connectivity index (χ3n) is 3.84. The molecule has 1 fully saturated rings. The van der Waals surface area contributed by atoms with E-state index in [1.54, 1.807) is 24.3 Å². The minimum absolute atomic E-state index is 0.0770. The lowest BCUT2D eigenvalue weighted by molar-refractivity contribution is -0.000564. The second kappa shape index (κ2) is 7.74. The topological polar surface area (TPSA) is 156 Å². The summed E-state index contributed by atoms with van der Waals surface area (Å²) < 4.78 is 11.0. The van der Waals surface area contributed by atoms with E-state index in [2.05, 4.69) is 20.4 Å². The highest BCUT2D eigenvalue weighted by Crippen LogP contribution is 2.25. The third kappa shape index (κ3) is 4.03. The molecular formula is C16H18N6O4. The van der Waals surface area contributed by atoms with Gasteiger partial charge >= 0.3 is 5.97 Å². The lowest BCUT2D eigenvalue weighted by Gasteiger charge is -2.16. The van der Waals surface area contributed by atoms with Crippen LogP contribution in [-0.4, -0.2) is 34.9 Å². The van der Waals surface area contributed by atoms with Crippen LogP contribution in [-0.2, 0) is 9.47 Å². The van der Waals surface area contributed by atoms with Gasteiger partial charge in [0, 0.05) is 0 Å². The summed E-state index contributed by atoms with van der Waals surface area (Å²) >= 11 is 0. The number of esters is 1. The summed E-state index contributed by atoms with van der Waals surface area (Å²) in [5.74, 6) is -0.422. The van der Waals surface area contributed by atoms with Crippen LogP contribution in [0.2, 0.25) is 0 Å². The number of ether oxygens (including phenoxy) is 2. The first-order chi connectivity index (χ1) is 12.6. The van der Waals surface area contributed by atoms with E-state index in [1.807, 2.05) is 6.07 Å². The predicted octanol–water partition coefficient (Wildman–Crippen LogP) is 1.79. The van der Waals surface area contributed by atoms with E-state index in [0.717, 1.165) is 0 Å². The molecule has 0 radical (unpaired) electrons. The summed E-state index contributed by atoms with van der Waals surface area (Å²) in [6.07, 6.45) is 0.533. The van der Waals surface area contributed by atoms with Crippen LogP contribution in [0.15, 0.2) is 40.2 Å². The summed E-state index contributed by atoms with van der Waals surface area (Å²) in [6.45, 7) is 0.118. The molecule has 0 spiro atoms. The summed E-state index contributed by atoms with van der Waals surface area (Å²) in [7, 11) is 0. The van der Waals surface area contributed by atoms with Gasteiger partial charge in [-0.2, -0.15) is 4.98 Å². The fourth-order valence-electron chi connectivity index (χ4n) is 2.60. The normalized spacial score (nSPS) is 19.1. The smallest absolute Gasteiger partial charge is 0.338 e. The first-order valence-electron chi connectivity index (χ1n) is 7.98. The van der Waals surface area contributed by atoms with Crippen molar-refractivity contribution in [1.29, 1.82) is 5.53 Å². The summed E-state index contributed by atoms with van der Waals surface area (Å²) in [5.41, 5.74) is 12.3. The molecule has 1 aliphatic heterocycles. The van der Waals surface area contributed by atoms with Crippen LogP contribution in [0.5, 0.6) is 0 Å². The quantitative estimate of drug-likeness (QED) is 0.453. The van der Waals surface area contributed by atoms with Gasteiger partial charge in [0.25, 0.3) is 5.56 Å². The molecule has 10 heteroatoms. The Balaban J connectivity index is 1.55. The number of nitrogens with two attached hydrogens (primary N) is 1. The molecule has 1 aliphatic rings. The van der Waals surface area contributed by atoms with Crippen molar-refractivity contribution in [2.75, 3.05) is 17.7 Å². The van der Waals surface area contributed by atoms with E-state index in [9.17, 15) is 9.59 Å². The van der Waals surface area contributed by atoms with Crippen molar-refractivity contribution < 1.29 is 14.3 Å². The van der Waals surface area contributed by atoms with E-state index in [1.165, 1.54) is 0 Å². The van der Waals surface area contributed by atoms with Crippen LogP contribution in [0.1, 0.15) is 23.2 Å². The third-order valence-corrected chi connectivity index (χ3v) is 3.84. The molecule has 0 bridgehead atoms. The largest absolute Gasteiger partial charge is 0.459 e. The molecule has 0 saturated carbocycles. The maximum absolute atomic E-state index is 11.9. The Kier molecular flexibility index (Phi) is 5.23. The molecule has 10 nitrogen and oxygen atoms in total. The second-order valence-electron chi connectivity index (χ2n) is 5.69. The van der Waals surface area contributed by atoms with Crippen LogP contribution in [0.4, 0.5) is 17.5 Å². The number of hydrogen-bond acceptors (Lipinski definition) is 9. The van der Waals surface area contributed by atoms with Crippen LogP contribution < -0.4 is 16.6 Å². The fraction of sp³-hybridized carbons (Fsp3) is 0.312. The van der Waals surface area contributed by atoms with Crippen LogP contribution >= 0.6 is 0 Å². The number of nitrogens with one attached hydrogen (secondary N) is 3. The Morgan fingerprint density at radius 2 is 2.19 bits per heavy atom. The molecular weight excluding hydrogens is 340 g/mol. The molecule has 0 amide bonds. The zero-order valence-electron chi connectivity index (χ0n) is 13.8. The summed E-state index contributed by atoms with van der Waals surface area (Å²) in [4.78, 5) is 29.9. The molecule has 0 unspecified atom stereocenters. The zero-order chi connectivity index (χ0) is 18.5. The number of aromatic amines is 1. The van der Waals surface area contributed by atoms with E-state index in [-0.39, 0.29) is 30.2 Å². The van der Waals surface area contributed by atoms with Gasteiger partial charge in [0.05, 0.1) is 11.7 Å². The highest BCUT2D eigenvalue weighted by Gasteiger charge is 2.28. The van der Waals surface area contributed by atoms with Crippen molar-refractivity contribution in [3.8, 4) is 0 Å². The predicted molar refractivity (Wildman–Crippen MR) is 92.3 cm³/mol. The van der Waals surface area contributed by atoms with E-state index in [0.29, 0.717) is 18.4 Å².